The topological polar surface area (TPSA) is 135 Å². The van der Waals surface area contributed by atoms with Crippen LogP contribution in [0.15, 0.2) is 0 Å². The third kappa shape index (κ3) is 18.3. The fourth-order valence-corrected chi connectivity index (χ4v) is 6.17. The van der Waals surface area contributed by atoms with Crippen molar-refractivity contribution >= 4 is 22.1 Å². The molecule has 10 heteroatoms. The molecule has 0 saturated heterocycles. The molecule has 38 heavy (non-hydrogen) atoms. The second-order valence-corrected chi connectivity index (χ2v) is 13.1. The van der Waals surface area contributed by atoms with E-state index in [1.54, 1.807) is 0 Å². The Kier molecular flexibility index (Phi) is 27.9. The third-order valence-electron chi connectivity index (χ3n) is 7.26. The van der Waals surface area contributed by atoms with Crippen LogP contribution in [0.2, 0.25) is 0 Å². The van der Waals surface area contributed by atoms with Gasteiger partial charge in [-0.25, -0.2) is 0 Å². The number of carbonyl (C=O) groups excluding carboxylic acids is 2. The average Bonchev–Trinajstić information content (AvgIpc) is 2.75. The van der Waals surface area contributed by atoms with Gasteiger partial charge in [-0.15, -0.1) is 0 Å². The summed E-state index contributed by atoms with van der Waals surface area (Å²) in [5, 5.41) is 23.9. The normalized spacial score (nSPS) is 14.0. The van der Waals surface area contributed by atoms with Crippen LogP contribution in [0.3, 0.4) is 0 Å². The summed E-state index contributed by atoms with van der Waals surface area (Å²) in [5.74, 6) is -4.30. The number of hydrogen-bond acceptors (Lipinski definition) is 6. The first-order valence-electron chi connectivity index (χ1n) is 14.3. The summed E-state index contributed by atoms with van der Waals surface area (Å²) in [7, 11) is -5.23. The minimum atomic E-state index is -5.23. The van der Waals surface area contributed by atoms with E-state index in [1.807, 2.05) is 0 Å². The van der Waals surface area contributed by atoms with Gasteiger partial charge >= 0.3 is 59.1 Å². The van der Waals surface area contributed by atoms with Crippen molar-refractivity contribution in [3.63, 3.8) is 0 Å². The van der Waals surface area contributed by atoms with E-state index >= 15 is 0 Å². The van der Waals surface area contributed by atoms with E-state index in [0.29, 0.717) is 31.1 Å². The zero-order valence-electron chi connectivity index (χ0n) is 25.3. The smallest absolute Gasteiger partial charge is 0.550 e. The van der Waals surface area contributed by atoms with Crippen molar-refractivity contribution in [1.29, 1.82) is 0 Å². The van der Waals surface area contributed by atoms with Crippen molar-refractivity contribution in [2.45, 2.75) is 148 Å². The quantitative estimate of drug-likeness (QED) is 0.0889. The Bertz CT molecular complexity index is 714. The van der Waals surface area contributed by atoms with Gasteiger partial charge in [0.25, 0.3) is 10.1 Å². The summed E-state index contributed by atoms with van der Waals surface area (Å²) >= 11 is 0. The molecule has 0 aromatic rings. The standard InChI is InChI=1S/C28H54O7S.2Na/c1-23(2)19-15-11-7-5-9-13-17-21-25(26(29)30)28(27(31)32,36(33,34)35)22-18-14-10-6-8-12-16-20-24(3)4;;/h23-25H,5-22H2,1-4H3,(H,29,30)(H,31,32)(H,33,34,35);;/q;2*+1/p-2. The summed E-state index contributed by atoms with van der Waals surface area (Å²) in [6.07, 6.45) is 13.8. The molecule has 1 N–H and O–H groups in total. The number of carboxylic acid groups (broad SMARTS) is 2. The molecule has 0 bridgehead atoms. The van der Waals surface area contributed by atoms with Crippen LogP contribution < -0.4 is 69.3 Å². The molecule has 2 atom stereocenters. The first kappa shape index (κ1) is 43.3. The van der Waals surface area contributed by atoms with Crippen LogP contribution in [0.1, 0.15) is 143 Å². The molecule has 0 aliphatic carbocycles. The Balaban J connectivity index is -0.00000612. The summed E-state index contributed by atoms with van der Waals surface area (Å²) in [4.78, 5) is 23.9. The minimum absolute atomic E-state index is 0. The second kappa shape index (κ2) is 24.4. The molecule has 0 spiro atoms. The summed E-state index contributed by atoms with van der Waals surface area (Å²) in [5.41, 5.74) is 0. The van der Waals surface area contributed by atoms with Gasteiger partial charge in [0.15, 0.2) is 0 Å². The molecule has 0 aliphatic rings. The predicted molar refractivity (Wildman–Crippen MR) is 141 cm³/mol. The van der Waals surface area contributed by atoms with Crippen molar-refractivity contribution in [2.24, 2.45) is 17.8 Å². The molecule has 0 fully saturated rings. The molecular weight excluding hydrogens is 526 g/mol. The van der Waals surface area contributed by atoms with Gasteiger partial charge in [0.1, 0.15) is 4.75 Å². The van der Waals surface area contributed by atoms with E-state index in [4.69, 9.17) is 0 Å². The van der Waals surface area contributed by atoms with Gasteiger partial charge in [-0.05, 0) is 24.7 Å². The molecule has 0 heterocycles. The van der Waals surface area contributed by atoms with Crippen molar-refractivity contribution < 1.29 is 91.9 Å². The number of carbonyl (C=O) groups is 2. The molecular formula is C28H52Na2O7S. The fourth-order valence-electron chi connectivity index (χ4n) is 4.98. The Morgan fingerprint density at radius 3 is 1.24 bits per heavy atom. The third-order valence-corrected chi connectivity index (χ3v) is 8.83. The van der Waals surface area contributed by atoms with Crippen molar-refractivity contribution in [2.75, 3.05) is 0 Å². The van der Waals surface area contributed by atoms with Crippen molar-refractivity contribution in [3.8, 4) is 0 Å². The van der Waals surface area contributed by atoms with Gasteiger partial charge in [0, 0.05) is 11.9 Å². The number of hydrogen-bond donors (Lipinski definition) is 1. The molecule has 0 amide bonds. The van der Waals surface area contributed by atoms with Crippen LogP contribution in [-0.2, 0) is 19.7 Å². The van der Waals surface area contributed by atoms with Crippen molar-refractivity contribution in [1.82, 2.24) is 0 Å². The maximum absolute atomic E-state index is 12.3. The van der Waals surface area contributed by atoms with Gasteiger partial charge < -0.3 is 19.8 Å². The van der Waals surface area contributed by atoms with Crippen LogP contribution in [0.25, 0.3) is 0 Å². The predicted octanol–water partition coefficient (Wildman–Crippen LogP) is -0.929. The summed E-state index contributed by atoms with van der Waals surface area (Å²) in [6, 6.07) is 0. The van der Waals surface area contributed by atoms with Crippen LogP contribution >= 0.6 is 0 Å². The Hall–Kier alpha value is 0.850. The first-order valence-corrected chi connectivity index (χ1v) is 15.7. The molecule has 0 aromatic carbocycles. The molecule has 0 aliphatic heterocycles. The maximum atomic E-state index is 12.3. The number of unbranched alkanes of at least 4 members (excludes halogenated alkanes) is 12. The first-order chi connectivity index (χ1) is 16.9. The Morgan fingerprint density at radius 1 is 0.632 bits per heavy atom. The fraction of sp³-hybridized carbons (Fsp3) is 0.929. The van der Waals surface area contributed by atoms with Gasteiger partial charge in [-0.2, -0.15) is 8.42 Å². The van der Waals surface area contributed by atoms with Gasteiger partial charge in [0.2, 0.25) is 0 Å². The van der Waals surface area contributed by atoms with Crippen LogP contribution in [0.4, 0.5) is 0 Å². The average molecular weight is 579 g/mol. The van der Waals surface area contributed by atoms with E-state index in [9.17, 15) is 32.8 Å². The number of rotatable bonds is 24. The summed E-state index contributed by atoms with van der Waals surface area (Å²) in [6.45, 7) is 8.77. The van der Waals surface area contributed by atoms with E-state index in [-0.39, 0.29) is 72.0 Å². The van der Waals surface area contributed by atoms with Crippen LogP contribution in [0, 0.1) is 17.8 Å². The van der Waals surface area contributed by atoms with E-state index in [1.165, 1.54) is 25.7 Å². The van der Waals surface area contributed by atoms with Gasteiger partial charge in [0.05, 0.1) is 5.97 Å². The molecule has 0 radical (unpaired) electrons. The number of carboxylic acids is 2. The van der Waals surface area contributed by atoms with Crippen molar-refractivity contribution in [3.05, 3.63) is 0 Å². The molecule has 0 aromatic heterocycles. The molecule has 7 nitrogen and oxygen atoms in total. The largest absolute Gasteiger partial charge is 1.00 e. The molecule has 0 rings (SSSR count). The maximum Gasteiger partial charge on any atom is 1.00 e. The molecule has 214 valence electrons. The monoisotopic (exact) mass is 578 g/mol. The minimum Gasteiger partial charge on any atom is -0.550 e. The van der Waals surface area contributed by atoms with E-state index in [0.717, 1.165) is 51.4 Å². The molecule has 2 unspecified atom stereocenters. The Morgan fingerprint density at radius 2 is 0.947 bits per heavy atom. The van der Waals surface area contributed by atoms with Crippen LogP contribution in [0.5, 0.6) is 0 Å². The second-order valence-electron chi connectivity index (χ2n) is 11.4. The number of aliphatic carboxylic acids is 2. The van der Waals surface area contributed by atoms with Gasteiger partial charge in [-0.1, -0.05) is 130 Å². The zero-order valence-corrected chi connectivity index (χ0v) is 30.1. The summed E-state index contributed by atoms with van der Waals surface area (Å²) < 4.78 is 31.5. The SMILES string of the molecule is CC(C)CCCCCCCCCC(C(=O)[O-])C(CCCCCCCCCC(C)C)(C(=O)[O-])S(=O)(=O)O.[Na+].[Na+]. The Labute approximate surface area is 277 Å². The van der Waals surface area contributed by atoms with Crippen LogP contribution in [-0.4, -0.2) is 29.7 Å². The van der Waals surface area contributed by atoms with E-state index in [2.05, 4.69) is 27.7 Å². The van der Waals surface area contributed by atoms with Gasteiger partial charge in [-0.3, -0.25) is 4.55 Å². The van der Waals surface area contributed by atoms with E-state index < -0.39 is 39.1 Å². The molecule has 0 saturated carbocycles. The zero-order chi connectivity index (χ0) is 27.6.